The van der Waals surface area contributed by atoms with Crippen LogP contribution in [0.4, 0.5) is 0 Å². The number of hydrogen-bond acceptors (Lipinski definition) is 2. The maximum atomic E-state index is 8.59. The molecule has 0 aliphatic heterocycles. The van der Waals surface area contributed by atoms with E-state index in [1.54, 1.807) is 0 Å². The van der Waals surface area contributed by atoms with Crippen LogP contribution in [0.1, 0.15) is 0 Å². The first kappa shape index (κ1) is 15.7. The quantitative estimate of drug-likeness (QED) is 0.259. The minimum atomic E-state index is -3.12. The average molecular weight is 126 g/mol. The zero-order chi connectivity index (χ0) is 3.58. The molecule has 1 N–H and O–H groups in total. The van der Waals surface area contributed by atoms with E-state index in [1.165, 1.54) is 0 Å². The van der Waals surface area contributed by atoms with Gasteiger partial charge in [0.25, 0.3) is 0 Å². The molecule has 0 aromatic carbocycles. The smallest absolute Gasteiger partial charge is 0.567 e. The summed E-state index contributed by atoms with van der Waals surface area (Å²) in [6, 6.07) is 0. The third kappa shape index (κ3) is 37.2. The van der Waals surface area contributed by atoms with Gasteiger partial charge in [0, 0.05) is 0 Å². The van der Waals surface area contributed by atoms with Crippen molar-refractivity contribution in [2.45, 2.75) is 0 Å². The third-order valence-electron chi connectivity index (χ3n) is 0. The minimum absolute atomic E-state index is 0. The summed E-state index contributed by atoms with van der Waals surface area (Å²) >= 11 is 0. The normalized spacial score (nSPS) is 7.33. The van der Waals surface area contributed by atoms with Crippen molar-refractivity contribution in [3.8, 4) is 0 Å². The maximum Gasteiger partial charge on any atom is 1.00 e. The van der Waals surface area contributed by atoms with Crippen molar-refractivity contribution in [1.29, 1.82) is 0 Å². The van der Waals surface area contributed by atoms with Crippen LogP contribution < -0.4 is 64.0 Å². The molecular weight excluding hydrogens is 125 g/mol. The topological polar surface area (TPSA) is 60.4 Å². The predicted molar refractivity (Wildman–Crippen MR) is 9.83 cm³/mol. The van der Waals surface area contributed by atoms with Gasteiger partial charge in [0.15, 0.2) is 0 Å². The Hall–Kier alpha value is 2.02. The number of rotatable bonds is 0. The summed E-state index contributed by atoms with van der Waals surface area (Å²) in [5.74, 6) is 0. The first-order chi connectivity index (χ1) is 1.73. The summed E-state index contributed by atoms with van der Waals surface area (Å²) in [5.41, 5.74) is 0. The predicted octanol–water partition coefficient (Wildman–Crippen LogP) is -7.00. The van der Waals surface area contributed by atoms with E-state index in [4.69, 9.17) is 14.4 Å². The molecule has 1 atom stereocenters. The van der Waals surface area contributed by atoms with Gasteiger partial charge in [-0.05, 0) is 4.57 Å². The Labute approximate surface area is 80.7 Å². The average Bonchev–Trinajstić information content (AvgIpc) is 0.811. The van der Waals surface area contributed by atoms with Gasteiger partial charge in [-0.2, -0.15) is 4.89 Å². The van der Waals surface area contributed by atoms with Crippen LogP contribution in [0.5, 0.6) is 0 Å². The molecule has 6 heteroatoms. The molecule has 0 heterocycles. The first-order valence-corrected chi connectivity index (χ1v) is 1.70. The zero-order valence-electron chi connectivity index (χ0n) is 3.71. The second-order valence-corrected chi connectivity index (χ2v) is 0.714. The molecule has 3 nitrogen and oxygen atoms in total. The van der Waals surface area contributed by atoms with Gasteiger partial charge in [-0.15, -0.1) is 0 Å². The van der Waals surface area contributed by atoms with Crippen LogP contribution in [-0.4, -0.2) is 4.89 Å². The van der Waals surface area contributed by atoms with Gasteiger partial charge in [-0.25, -0.2) is 0 Å². The molecule has 1 unspecified atom stereocenters. The van der Waals surface area contributed by atoms with Crippen LogP contribution in [0.25, 0.3) is 0 Å². The van der Waals surface area contributed by atoms with Crippen LogP contribution >= 0.6 is 8.25 Å². The van der Waals surface area contributed by atoms with Gasteiger partial charge >= 0.3 is 67.4 Å². The second-order valence-electron chi connectivity index (χ2n) is 0.238. The molecule has 0 bridgehead atoms. The molecular formula is HNa2O3P+2. The molecule has 0 aliphatic carbocycles. The Bertz CT molecular complexity index is 31.8. The summed E-state index contributed by atoms with van der Waals surface area (Å²) in [6.45, 7) is 0. The van der Waals surface area contributed by atoms with Gasteiger partial charge in [-0.1, -0.05) is 0 Å². The fourth-order valence-electron chi connectivity index (χ4n) is 0. The van der Waals surface area contributed by atoms with Crippen molar-refractivity contribution in [1.82, 2.24) is 0 Å². The summed E-state index contributed by atoms with van der Waals surface area (Å²) < 4.78 is 8.59. The van der Waals surface area contributed by atoms with Crippen molar-refractivity contribution in [2.24, 2.45) is 0 Å². The molecule has 0 spiro atoms. The molecule has 0 fully saturated rings. The van der Waals surface area contributed by atoms with Gasteiger partial charge < -0.3 is 4.89 Å². The van der Waals surface area contributed by atoms with E-state index in [-0.39, 0.29) is 59.1 Å². The second kappa shape index (κ2) is 10.1. The summed E-state index contributed by atoms with van der Waals surface area (Å²) in [7, 11) is -3.12. The zero-order valence-corrected chi connectivity index (χ0v) is 8.61. The van der Waals surface area contributed by atoms with Crippen molar-refractivity contribution in [2.75, 3.05) is 0 Å². The molecule has 0 amide bonds. The molecule has 24 valence electrons. The minimum Gasteiger partial charge on any atom is -0.567 e. The molecule has 0 saturated carbocycles. The van der Waals surface area contributed by atoms with Crippen molar-refractivity contribution < 1.29 is 73.5 Å². The van der Waals surface area contributed by atoms with Gasteiger partial charge in [0.1, 0.15) is 0 Å². The Morgan fingerprint density at radius 3 is 1.50 bits per heavy atom. The molecule has 0 aromatic rings. The fraction of sp³-hybridized carbons (Fsp3) is 0. The molecule has 6 heavy (non-hydrogen) atoms. The Morgan fingerprint density at radius 2 is 1.50 bits per heavy atom. The van der Waals surface area contributed by atoms with E-state index in [0.29, 0.717) is 0 Å². The maximum absolute atomic E-state index is 8.59. The van der Waals surface area contributed by atoms with E-state index in [2.05, 4.69) is 0 Å². The van der Waals surface area contributed by atoms with Crippen molar-refractivity contribution in [3.05, 3.63) is 0 Å². The number of hydrogen-bond donors (Lipinski definition) is 1. The van der Waals surface area contributed by atoms with Crippen molar-refractivity contribution >= 4 is 8.25 Å². The van der Waals surface area contributed by atoms with E-state index < -0.39 is 8.25 Å². The Balaban J connectivity index is -0.0000000450. The summed E-state index contributed by atoms with van der Waals surface area (Å²) in [4.78, 5) is 15.6. The Kier molecular flexibility index (Phi) is 26.4. The summed E-state index contributed by atoms with van der Waals surface area (Å²) in [6.07, 6.45) is 0. The van der Waals surface area contributed by atoms with Crippen LogP contribution in [-0.2, 0) is 4.57 Å². The molecule has 0 rings (SSSR count). The Morgan fingerprint density at radius 1 is 1.50 bits per heavy atom. The van der Waals surface area contributed by atoms with Gasteiger partial charge in [0.2, 0.25) is 0 Å². The third-order valence-corrected chi connectivity index (χ3v) is 0. The van der Waals surface area contributed by atoms with Crippen molar-refractivity contribution in [3.63, 3.8) is 0 Å². The first-order valence-electron chi connectivity index (χ1n) is 0.565. The van der Waals surface area contributed by atoms with Crippen LogP contribution in [0.15, 0.2) is 0 Å². The molecule has 0 radical (unpaired) electrons. The van der Waals surface area contributed by atoms with Gasteiger partial charge in [0.05, 0.1) is 0 Å². The van der Waals surface area contributed by atoms with Crippen LogP contribution in [0, 0.1) is 0 Å². The molecule has 0 aliphatic rings. The van der Waals surface area contributed by atoms with E-state index in [1.807, 2.05) is 0 Å². The largest absolute Gasteiger partial charge is 1.00 e. The van der Waals surface area contributed by atoms with Crippen LogP contribution in [0.2, 0.25) is 0 Å². The standard InChI is InChI=1S/2Na.HO3P/c;;1-4(2)3/h;;(H,1,2,3)/q2*+1;. The monoisotopic (exact) mass is 126 g/mol. The van der Waals surface area contributed by atoms with Crippen LogP contribution in [0.3, 0.4) is 0 Å². The van der Waals surface area contributed by atoms with E-state index in [9.17, 15) is 0 Å². The molecule has 0 aromatic heterocycles. The molecule has 0 saturated heterocycles. The van der Waals surface area contributed by atoms with E-state index >= 15 is 0 Å². The van der Waals surface area contributed by atoms with Gasteiger partial charge in [-0.3, -0.25) is 0 Å². The SMILES string of the molecule is O=[P+]([O-])O.[Na+].[Na+]. The fourth-order valence-corrected chi connectivity index (χ4v) is 0. The summed E-state index contributed by atoms with van der Waals surface area (Å²) in [5, 5.41) is 0. The van der Waals surface area contributed by atoms with E-state index in [0.717, 1.165) is 0 Å².